The molecular weight excluding hydrogens is 326 g/mol. The fourth-order valence-corrected chi connectivity index (χ4v) is 2.76. The third kappa shape index (κ3) is 3.01. The summed E-state index contributed by atoms with van der Waals surface area (Å²) in [7, 11) is 0. The number of aromatic nitrogens is 4. The lowest BCUT2D eigenvalue weighted by atomic mass is 10.1. The highest BCUT2D eigenvalue weighted by Gasteiger charge is 2.17. The van der Waals surface area contributed by atoms with Gasteiger partial charge in [-0.25, -0.2) is 9.97 Å². The van der Waals surface area contributed by atoms with Gasteiger partial charge in [-0.2, -0.15) is 4.98 Å². The predicted molar refractivity (Wildman–Crippen MR) is 101 cm³/mol. The second-order valence-electron chi connectivity index (χ2n) is 6.23. The van der Waals surface area contributed by atoms with Gasteiger partial charge in [0.25, 0.3) is 5.89 Å². The van der Waals surface area contributed by atoms with E-state index in [4.69, 9.17) is 4.52 Å². The number of nitrogens with one attached hydrogen (secondary N) is 1. The van der Waals surface area contributed by atoms with Crippen molar-refractivity contribution in [1.82, 2.24) is 20.1 Å². The average Bonchev–Trinajstić information content (AvgIpc) is 3.12. The molecule has 0 aliphatic rings. The van der Waals surface area contributed by atoms with Gasteiger partial charge in [0.05, 0.1) is 11.3 Å². The van der Waals surface area contributed by atoms with Gasteiger partial charge in [0.15, 0.2) is 11.5 Å². The highest BCUT2D eigenvalue weighted by atomic mass is 16.5. The zero-order valence-electron chi connectivity index (χ0n) is 14.9. The van der Waals surface area contributed by atoms with Crippen LogP contribution in [0.15, 0.2) is 47.1 Å². The summed E-state index contributed by atoms with van der Waals surface area (Å²) in [6.07, 6.45) is 2.45. The first-order valence-corrected chi connectivity index (χ1v) is 8.57. The van der Waals surface area contributed by atoms with Gasteiger partial charge in [0, 0.05) is 29.4 Å². The van der Waals surface area contributed by atoms with Crippen molar-refractivity contribution in [3.63, 3.8) is 0 Å². The molecule has 26 heavy (non-hydrogen) atoms. The number of benzene rings is 1. The van der Waals surface area contributed by atoms with Crippen LogP contribution in [0, 0.1) is 13.8 Å². The highest BCUT2D eigenvalue weighted by molar-refractivity contribution is 5.98. The maximum Gasteiger partial charge on any atom is 0.261 e. The Hall–Kier alpha value is -3.28. The minimum Gasteiger partial charge on any atom is -0.354 e. The fraction of sp³-hybridized carbons (Fsp3) is 0.200. The Labute approximate surface area is 151 Å². The van der Waals surface area contributed by atoms with Crippen molar-refractivity contribution in [2.24, 2.45) is 0 Å². The van der Waals surface area contributed by atoms with E-state index in [1.165, 1.54) is 5.56 Å². The molecule has 0 amide bonds. The van der Waals surface area contributed by atoms with Gasteiger partial charge < -0.3 is 9.84 Å². The van der Waals surface area contributed by atoms with Gasteiger partial charge in [-0.05, 0) is 38.1 Å². The Kier molecular flexibility index (Phi) is 4.08. The van der Waals surface area contributed by atoms with Crippen molar-refractivity contribution in [2.75, 3.05) is 5.32 Å². The molecule has 0 saturated heterocycles. The van der Waals surface area contributed by atoms with Crippen molar-refractivity contribution in [2.45, 2.75) is 27.2 Å². The maximum absolute atomic E-state index is 5.45. The zero-order chi connectivity index (χ0) is 18.1. The van der Waals surface area contributed by atoms with Gasteiger partial charge in [0.1, 0.15) is 0 Å². The maximum atomic E-state index is 5.45. The molecule has 0 spiro atoms. The number of hydrogen-bond acceptors (Lipinski definition) is 6. The normalized spacial score (nSPS) is 11.0. The van der Waals surface area contributed by atoms with Crippen LogP contribution in [-0.4, -0.2) is 20.1 Å². The Morgan fingerprint density at radius 1 is 1.00 bits per heavy atom. The Bertz CT molecular complexity index is 1070. The monoisotopic (exact) mass is 345 g/mol. The number of rotatable bonds is 4. The molecule has 3 heterocycles. The number of nitrogens with zero attached hydrogens (tertiary/aromatic N) is 4. The summed E-state index contributed by atoms with van der Waals surface area (Å²) in [6, 6.07) is 12.2. The molecule has 4 rings (SSSR count). The second-order valence-corrected chi connectivity index (χ2v) is 6.23. The number of hydrogen-bond donors (Lipinski definition) is 1. The number of fused-ring (bicyclic) bond motifs is 1. The van der Waals surface area contributed by atoms with Gasteiger partial charge in [-0.1, -0.05) is 29.8 Å². The molecule has 0 saturated carbocycles. The molecule has 0 aliphatic heterocycles. The van der Waals surface area contributed by atoms with E-state index in [-0.39, 0.29) is 0 Å². The van der Waals surface area contributed by atoms with E-state index in [0.717, 1.165) is 28.0 Å². The number of anilines is 2. The SMILES string of the molecule is CCc1noc(-c2cnc3nc(C)ccc3c2Nc2ccc(C)cc2)n1. The van der Waals surface area contributed by atoms with E-state index < -0.39 is 0 Å². The predicted octanol–water partition coefficient (Wildman–Crippen LogP) is 4.60. The molecule has 0 fully saturated rings. The molecule has 0 aliphatic carbocycles. The molecule has 3 aromatic heterocycles. The van der Waals surface area contributed by atoms with Crippen LogP contribution in [0.2, 0.25) is 0 Å². The van der Waals surface area contributed by atoms with E-state index in [0.29, 0.717) is 23.8 Å². The van der Waals surface area contributed by atoms with Crippen molar-refractivity contribution >= 4 is 22.4 Å². The van der Waals surface area contributed by atoms with E-state index in [1.54, 1.807) is 6.20 Å². The van der Waals surface area contributed by atoms with Crippen LogP contribution in [0.25, 0.3) is 22.5 Å². The van der Waals surface area contributed by atoms with Crippen molar-refractivity contribution in [3.8, 4) is 11.5 Å². The smallest absolute Gasteiger partial charge is 0.261 e. The molecule has 0 radical (unpaired) electrons. The van der Waals surface area contributed by atoms with Crippen molar-refractivity contribution < 1.29 is 4.52 Å². The molecule has 0 atom stereocenters. The molecule has 6 nitrogen and oxygen atoms in total. The van der Waals surface area contributed by atoms with Crippen LogP contribution in [0.1, 0.15) is 24.0 Å². The zero-order valence-corrected chi connectivity index (χ0v) is 14.9. The molecule has 0 bridgehead atoms. The summed E-state index contributed by atoms with van der Waals surface area (Å²) < 4.78 is 5.45. The number of pyridine rings is 2. The first-order chi connectivity index (χ1) is 12.6. The van der Waals surface area contributed by atoms with Crippen LogP contribution in [0.5, 0.6) is 0 Å². The van der Waals surface area contributed by atoms with Crippen LogP contribution in [0.4, 0.5) is 11.4 Å². The molecule has 4 aromatic rings. The molecule has 6 heteroatoms. The lowest BCUT2D eigenvalue weighted by molar-refractivity contribution is 0.423. The third-order valence-corrected chi connectivity index (χ3v) is 4.20. The quantitative estimate of drug-likeness (QED) is 0.582. The molecule has 0 unspecified atom stereocenters. The summed E-state index contributed by atoms with van der Waals surface area (Å²) in [5, 5.41) is 8.40. The van der Waals surface area contributed by atoms with Gasteiger partial charge in [-0.15, -0.1) is 0 Å². The van der Waals surface area contributed by atoms with Crippen LogP contribution >= 0.6 is 0 Å². The van der Waals surface area contributed by atoms with Crippen LogP contribution in [-0.2, 0) is 6.42 Å². The summed E-state index contributed by atoms with van der Waals surface area (Å²) in [4.78, 5) is 13.5. The Morgan fingerprint density at radius 3 is 2.54 bits per heavy atom. The average molecular weight is 345 g/mol. The summed E-state index contributed by atoms with van der Waals surface area (Å²) >= 11 is 0. The summed E-state index contributed by atoms with van der Waals surface area (Å²) in [6.45, 7) is 6.01. The van der Waals surface area contributed by atoms with Gasteiger partial charge in [0.2, 0.25) is 0 Å². The summed E-state index contributed by atoms with van der Waals surface area (Å²) in [5.74, 6) is 1.12. The first kappa shape index (κ1) is 16.2. The fourth-order valence-electron chi connectivity index (χ4n) is 2.76. The minimum absolute atomic E-state index is 0.450. The molecule has 130 valence electrons. The molecular formula is C20H19N5O. The van der Waals surface area contributed by atoms with E-state index in [9.17, 15) is 0 Å². The van der Waals surface area contributed by atoms with Gasteiger partial charge >= 0.3 is 0 Å². The highest BCUT2D eigenvalue weighted by Crippen LogP contribution is 2.34. The molecule has 1 N–H and O–H groups in total. The van der Waals surface area contributed by atoms with Crippen molar-refractivity contribution in [1.29, 1.82) is 0 Å². The number of aryl methyl sites for hydroxylation is 3. The Morgan fingerprint density at radius 2 is 1.81 bits per heavy atom. The second kappa shape index (κ2) is 6.55. The van der Waals surface area contributed by atoms with Crippen LogP contribution < -0.4 is 5.32 Å². The third-order valence-electron chi connectivity index (χ3n) is 4.20. The lowest BCUT2D eigenvalue weighted by Crippen LogP contribution is -1.98. The lowest BCUT2D eigenvalue weighted by Gasteiger charge is -2.13. The van der Waals surface area contributed by atoms with Gasteiger partial charge in [-0.3, -0.25) is 0 Å². The summed E-state index contributed by atoms with van der Waals surface area (Å²) in [5.41, 5.74) is 5.40. The topological polar surface area (TPSA) is 76.7 Å². The van der Waals surface area contributed by atoms with E-state index >= 15 is 0 Å². The molecule has 1 aromatic carbocycles. The Balaban J connectivity index is 1.89. The van der Waals surface area contributed by atoms with E-state index in [1.807, 2.05) is 38.1 Å². The van der Waals surface area contributed by atoms with E-state index in [2.05, 4.69) is 44.5 Å². The minimum atomic E-state index is 0.450. The van der Waals surface area contributed by atoms with Crippen molar-refractivity contribution in [3.05, 3.63) is 59.7 Å². The largest absolute Gasteiger partial charge is 0.354 e. The standard InChI is InChI=1S/C20H19N5O/c1-4-17-24-20(26-25-17)16-11-21-19-15(10-7-13(3)22-19)18(16)23-14-8-5-12(2)6-9-14/h5-11H,4H2,1-3H3,(H,21,22,23). The first-order valence-electron chi connectivity index (χ1n) is 8.57. The van der Waals surface area contributed by atoms with Crippen LogP contribution in [0.3, 0.4) is 0 Å².